The fourth-order valence-electron chi connectivity index (χ4n) is 5.57. The van der Waals surface area contributed by atoms with Crippen LogP contribution in [0.2, 0.25) is 0 Å². The van der Waals surface area contributed by atoms with Crippen molar-refractivity contribution < 1.29 is 23.4 Å². The summed E-state index contributed by atoms with van der Waals surface area (Å²) in [6.45, 7) is 3.54. The number of methoxy groups -OCH3 is 2. The lowest BCUT2D eigenvalue weighted by Gasteiger charge is -2.27. The van der Waals surface area contributed by atoms with Crippen molar-refractivity contribution >= 4 is 34.0 Å². The molecule has 0 saturated carbocycles. The van der Waals surface area contributed by atoms with Gasteiger partial charge in [0.05, 0.1) is 24.8 Å². The summed E-state index contributed by atoms with van der Waals surface area (Å²) >= 11 is 1.26. The van der Waals surface area contributed by atoms with Gasteiger partial charge in [-0.15, -0.1) is 0 Å². The lowest BCUT2D eigenvalue weighted by atomic mass is 9.89. The summed E-state index contributed by atoms with van der Waals surface area (Å²) in [6, 6.07) is 22.4. The van der Waals surface area contributed by atoms with Crippen molar-refractivity contribution in [3.8, 4) is 17.2 Å². The molecule has 0 N–H and O–H groups in total. The van der Waals surface area contributed by atoms with Gasteiger partial charge < -0.3 is 14.2 Å². The largest absolute Gasteiger partial charge is 0.496 e. The third-order valence-electron chi connectivity index (χ3n) is 7.62. The van der Waals surface area contributed by atoms with E-state index in [9.17, 15) is 14.0 Å². The highest BCUT2D eigenvalue weighted by Gasteiger charge is 2.33. The van der Waals surface area contributed by atoms with Gasteiger partial charge in [-0.1, -0.05) is 59.9 Å². The SMILES string of the molecule is COc1cc(/C=c2\sc3n(c2=O)[C@@H](c2c(OC)ccc4ccccc24)C(C(C)=O)=C(C)N=3)ccc1OCc1ccc(F)cc1. The summed E-state index contributed by atoms with van der Waals surface area (Å²) < 4.78 is 32.6. The topological polar surface area (TPSA) is 79.1 Å². The summed E-state index contributed by atoms with van der Waals surface area (Å²) in [7, 11) is 3.13. The smallest absolute Gasteiger partial charge is 0.271 e. The summed E-state index contributed by atoms with van der Waals surface area (Å²) in [5.74, 6) is 1.11. The Morgan fingerprint density at radius 1 is 0.977 bits per heavy atom. The molecule has 6 rings (SSSR count). The van der Waals surface area contributed by atoms with Crippen LogP contribution < -0.4 is 29.1 Å². The van der Waals surface area contributed by atoms with Crippen molar-refractivity contribution in [1.29, 1.82) is 0 Å². The van der Waals surface area contributed by atoms with E-state index in [0.29, 0.717) is 37.9 Å². The van der Waals surface area contributed by atoms with Gasteiger partial charge >= 0.3 is 0 Å². The van der Waals surface area contributed by atoms with Gasteiger partial charge in [0.25, 0.3) is 5.56 Å². The first-order valence-electron chi connectivity index (χ1n) is 13.9. The second kappa shape index (κ2) is 11.9. The lowest BCUT2D eigenvalue weighted by Crippen LogP contribution is -2.39. The van der Waals surface area contributed by atoms with Crippen LogP contribution in [0.15, 0.2) is 99.9 Å². The van der Waals surface area contributed by atoms with E-state index < -0.39 is 6.04 Å². The predicted molar refractivity (Wildman–Crippen MR) is 169 cm³/mol. The molecule has 1 aliphatic heterocycles. The highest BCUT2D eigenvalue weighted by Crippen LogP contribution is 2.40. The van der Waals surface area contributed by atoms with Gasteiger partial charge in [-0.2, -0.15) is 0 Å². The third-order valence-corrected chi connectivity index (χ3v) is 8.60. The van der Waals surface area contributed by atoms with Crippen LogP contribution in [0.5, 0.6) is 17.2 Å². The molecule has 1 atom stereocenters. The molecule has 7 nitrogen and oxygen atoms in total. The van der Waals surface area contributed by atoms with Crippen LogP contribution in [0.1, 0.15) is 36.6 Å². The van der Waals surface area contributed by atoms with E-state index in [1.807, 2.05) is 42.5 Å². The molecule has 0 aliphatic carbocycles. The van der Waals surface area contributed by atoms with Crippen molar-refractivity contribution in [2.75, 3.05) is 14.2 Å². The highest BCUT2D eigenvalue weighted by atomic mass is 32.1. The molecule has 0 radical (unpaired) electrons. The van der Waals surface area contributed by atoms with Gasteiger partial charge in [-0.05, 0) is 72.2 Å². The summed E-state index contributed by atoms with van der Waals surface area (Å²) in [4.78, 5) is 32.4. The molecule has 4 aromatic carbocycles. The normalized spacial score (nSPS) is 14.8. The molecule has 5 aromatic rings. The minimum Gasteiger partial charge on any atom is -0.496 e. The first-order valence-corrected chi connectivity index (χ1v) is 14.7. The van der Waals surface area contributed by atoms with Crippen LogP contribution >= 0.6 is 11.3 Å². The van der Waals surface area contributed by atoms with E-state index in [0.717, 1.165) is 27.5 Å². The third kappa shape index (κ3) is 5.31. The number of aromatic nitrogens is 1. The number of halogens is 1. The van der Waals surface area contributed by atoms with Crippen molar-refractivity contribution in [3.63, 3.8) is 0 Å². The van der Waals surface area contributed by atoms with Gasteiger partial charge in [-0.3, -0.25) is 14.2 Å². The lowest BCUT2D eigenvalue weighted by molar-refractivity contribution is -0.114. The molecule has 1 aromatic heterocycles. The maximum atomic E-state index is 14.1. The average molecular weight is 609 g/mol. The van der Waals surface area contributed by atoms with Crippen LogP contribution in [-0.4, -0.2) is 24.6 Å². The number of ether oxygens (including phenoxy) is 3. The van der Waals surface area contributed by atoms with Gasteiger partial charge in [0.1, 0.15) is 18.2 Å². The quantitative estimate of drug-likeness (QED) is 0.226. The molecule has 0 saturated heterocycles. The number of benzene rings is 4. The molecule has 0 amide bonds. The Hall–Kier alpha value is -5.02. The standard InChI is InChI=1S/C35H29FN2O5S/c1-20-31(21(2)39)33(32-26-8-6-5-7-24(26)12-16-28(32)41-3)38-34(40)30(44-35(38)37-20)18-23-11-15-27(29(17-23)42-4)43-19-22-9-13-25(36)14-10-22/h5-18,33H,19H2,1-4H3/b30-18-/t33-/m1/s1. The first-order chi connectivity index (χ1) is 21.3. The van der Waals surface area contributed by atoms with E-state index >= 15 is 0 Å². The Labute approximate surface area is 256 Å². The van der Waals surface area contributed by atoms with Crippen LogP contribution in [-0.2, 0) is 11.4 Å². The Kier molecular flexibility index (Phi) is 7.88. The molecule has 222 valence electrons. The second-order valence-corrected chi connectivity index (χ2v) is 11.4. The molecule has 9 heteroatoms. The number of hydrogen-bond acceptors (Lipinski definition) is 7. The highest BCUT2D eigenvalue weighted by molar-refractivity contribution is 7.07. The van der Waals surface area contributed by atoms with Gasteiger partial charge in [-0.25, -0.2) is 9.38 Å². The van der Waals surface area contributed by atoms with Gasteiger partial charge in [0.15, 0.2) is 22.1 Å². The monoisotopic (exact) mass is 608 g/mol. The maximum Gasteiger partial charge on any atom is 0.271 e. The number of thiazole rings is 1. The van der Waals surface area contributed by atoms with E-state index in [-0.39, 0.29) is 23.8 Å². The first kappa shape index (κ1) is 29.1. The molecule has 0 bridgehead atoms. The number of carbonyl (C=O) groups is 1. The summed E-state index contributed by atoms with van der Waals surface area (Å²) in [5.41, 5.74) is 3.02. The minimum atomic E-state index is -0.719. The number of hydrogen-bond donors (Lipinski definition) is 0. The van der Waals surface area contributed by atoms with E-state index in [1.54, 1.807) is 56.1 Å². The van der Waals surface area contributed by atoms with Crippen LogP contribution in [0.4, 0.5) is 4.39 Å². The van der Waals surface area contributed by atoms with Crippen molar-refractivity contribution in [3.05, 3.63) is 132 Å². The van der Waals surface area contributed by atoms with E-state index in [4.69, 9.17) is 19.2 Å². The zero-order valence-corrected chi connectivity index (χ0v) is 25.4. The Bertz CT molecular complexity index is 2130. The van der Waals surface area contributed by atoms with E-state index in [1.165, 1.54) is 30.4 Å². The zero-order valence-electron chi connectivity index (χ0n) is 24.6. The van der Waals surface area contributed by atoms with Crippen molar-refractivity contribution in [1.82, 2.24) is 4.57 Å². The number of ketones is 1. The fraction of sp³-hybridized carbons (Fsp3) is 0.171. The number of allylic oxidation sites excluding steroid dienone is 2. The molecular weight excluding hydrogens is 579 g/mol. The van der Waals surface area contributed by atoms with Crippen molar-refractivity contribution in [2.24, 2.45) is 4.99 Å². The Balaban J connectivity index is 1.46. The minimum absolute atomic E-state index is 0.165. The number of carbonyl (C=O) groups excluding carboxylic acids is 1. The van der Waals surface area contributed by atoms with Crippen molar-refractivity contribution in [2.45, 2.75) is 26.5 Å². The van der Waals surface area contributed by atoms with Crippen LogP contribution in [0.25, 0.3) is 16.8 Å². The summed E-state index contributed by atoms with van der Waals surface area (Å²) in [6.07, 6.45) is 1.78. The number of fused-ring (bicyclic) bond motifs is 2. The molecule has 0 unspecified atom stereocenters. The van der Waals surface area contributed by atoms with Crippen LogP contribution in [0, 0.1) is 5.82 Å². The second-order valence-electron chi connectivity index (χ2n) is 10.4. The van der Waals surface area contributed by atoms with Gasteiger partial charge in [0, 0.05) is 16.8 Å². The summed E-state index contributed by atoms with van der Waals surface area (Å²) in [5, 5.41) is 1.86. The Morgan fingerprint density at radius 2 is 1.70 bits per heavy atom. The van der Waals surface area contributed by atoms with E-state index in [2.05, 4.69) is 0 Å². The fourth-order valence-corrected chi connectivity index (χ4v) is 6.61. The Morgan fingerprint density at radius 3 is 2.43 bits per heavy atom. The average Bonchev–Trinajstić information content (AvgIpc) is 3.33. The molecule has 0 fully saturated rings. The number of Topliss-reactive ketones (excluding diaryl/α,β-unsaturated/α-hetero) is 1. The molecule has 2 heterocycles. The molecule has 1 aliphatic rings. The maximum absolute atomic E-state index is 14.1. The van der Waals surface area contributed by atoms with Crippen LogP contribution in [0.3, 0.4) is 0 Å². The molecule has 0 spiro atoms. The molecule has 44 heavy (non-hydrogen) atoms. The number of rotatable bonds is 8. The predicted octanol–water partition coefficient (Wildman–Crippen LogP) is 5.71. The van der Waals surface area contributed by atoms with Gasteiger partial charge in [0.2, 0.25) is 0 Å². The zero-order chi connectivity index (χ0) is 31.0. The molecular formula is C35H29FN2O5S. The number of nitrogens with zero attached hydrogens (tertiary/aromatic N) is 2.